The van der Waals surface area contributed by atoms with Crippen LogP contribution in [0.3, 0.4) is 0 Å². The number of rotatable bonds is 1. The summed E-state index contributed by atoms with van der Waals surface area (Å²) >= 11 is 0. The van der Waals surface area contributed by atoms with Crippen molar-refractivity contribution >= 4 is 5.69 Å². The fourth-order valence-corrected chi connectivity index (χ4v) is 2.13. The number of benzene rings is 1. The number of hydrogen-bond donors (Lipinski definition) is 1. The molecular formula is C12H15F3N2. The highest BCUT2D eigenvalue weighted by molar-refractivity contribution is 5.52. The molecule has 0 aromatic heterocycles. The maximum Gasteiger partial charge on any atom is 0.416 e. The predicted octanol–water partition coefficient (Wildman–Crippen LogP) is 2.55. The van der Waals surface area contributed by atoms with Gasteiger partial charge in [0.1, 0.15) is 0 Å². The van der Waals surface area contributed by atoms with Crippen molar-refractivity contribution in [3.05, 3.63) is 29.3 Å². The second kappa shape index (κ2) is 4.22. The average Bonchev–Trinajstić information content (AvgIpc) is 2.62. The fourth-order valence-electron chi connectivity index (χ4n) is 2.13. The molecule has 2 rings (SSSR count). The van der Waals surface area contributed by atoms with Crippen molar-refractivity contribution in [3.8, 4) is 0 Å². The van der Waals surface area contributed by atoms with Crippen LogP contribution in [0.15, 0.2) is 18.2 Å². The minimum Gasteiger partial charge on any atom is -0.370 e. The van der Waals surface area contributed by atoms with Crippen molar-refractivity contribution < 1.29 is 13.2 Å². The minimum atomic E-state index is -4.29. The van der Waals surface area contributed by atoms with Crippen LogP contribution in [0.5, 0.6) is 0 Å². The first kappa shape index (κ1) is 12.2. The summed E-state index contributed by atoms with van der Waals surface area (Å²) in [5.41, 5.74) is 6.41. The summed E-state index contributed by atoms with van der Waals surface area (Å²) in [4.78, 5) is 1.91. The Balaban J connectivity index is 2.32. The SMILES string of the molecule is Cc1cc(N2CCC(N)C2)cc(C(F)(F)F)c1. The second-order valence-corrected chi connectivity index (χ2v) is 4.55. The fraction of sp³-hybridized carbons (Fsp3) is 0.500. The Labute approximate surface area is 98.2 Å². The summed E-state index contributed by atoms with van der Waals surface area (Å²) in [5, 5.41) is 0. The molecule has 0 saturated carbocycles. The molecule has 1 fully saturated rings. The van der Waals surface area contributed by atoms with E-state index in [1.54, 1.807) is 13.0 Å². The van der Waals surface area contributed by atoms with Gasteiger partial charge in [-0.05, 0) is 37.1 Å². The van der Waals surface area contributed by atoms with Gasteiger partial charge in [-0.25, -0.2) is 0 Å². The van der Waals surface area contributed by atoms with Gasteiger partial charge in [-0.2, -0.15) is 13.2 Å². The molecule has 0 amide bonds. The lowest BCUT2D eigenvalue weighted by Crippen LogP contribution is -2.26. The molecule has 94 valence electrons. The van der Waals surface area contributed by atoms with E-state index in [4.69, 9.17) is 5.73 Å². The highest BCUT2D eigenvalue weighted by atomic mass is 19.4. The quantitative estimate of drug-likeness (QED) is 0.822. The molecule has 17 heavy (non-hydrogen) atoms. The largest absolute Gasteiger partial charge is 0.416 e. The number of nitrogens with zero attached hydrogens (tertiary/aromatic N) is 1. The van der Waals surface area contributed by atoms with E-state index in [1.807, 2.05) is 4.90 Å². The van der Waals surface area contributed by atoms with E-state index >= 15 is 0 Å². The van der Waals surface area contributed by atoms with E-state index in [-0.39, 0.29) is 6.04 Å². The molecule has 1 aliphatic rings. The van der Waals surface area contributed by atoms with Crippen LogP contribution in [-0.4, -0.2) is 19.1 Å². The molecular weight excluding hydrogens is 229 g/mol. The summed E-state index contributed by atoms with van der Waals surface area (Å²) in [6.45, 7) is 3.03. The molecule has 5 heteroatoms. The molecule has 0 radical (unpaired) electrons. The highest BCUT2D eigenvalue weighted by Crippen LogP contribution is 2.33. The smallest absolute Gasteiger partial charge is 0.370 e. The molecule has 1 unspecified atom stereocenters. The van der Waals surface area contributed by atoms with Gasteiger partial charge < -0.3 is 10.6 Å². The Kier molecular flexibility index (Phi) is 3.03. The normalized spacial score (nSPS) is 21.0. The van der Waals surface area contributed by atoms with Gasteiger partial charge in [-0.1, -0.05) is 0 Å². The minimum absolute atomic E-state index is 0.0600. The van der Waals surface area contributed by atoms with E-state index in [9.17, 15) is 13.2 Å². The number of halogens is 3. The van der Waals surface area contributed by atoms with Crippen molar-refractivity contribution in [2.24, 2.45) is 5.73 Å². The zero-order valence-corrected chi connectivity index (χ0v) is 9.59. The molecule has 0 aliphatic carbocycles. The lowest BCUT2D eigenvalue weighted by molar-refractivity contribution is -0.137. The van der Waals surface area contributed by atoms with E-state index in [0.29, 0.717) is 17.8 Å². The van der Waals surface area contributed by atoms with Gasteiger partial charge in [0.2, 0.25) is 0 Å². The van der Waals surface area contributed by atoms with Crippen LogP contribution in [-0.2, 0) is 6.18 Å². The van der Waals surface area contributed by atoms with E-state index in [2.05, 4.69) is 0 Å². The molecule has 1 aromatic carbocycles. The molecule has 1 saturated heterocycles. The van der Waals surface area contributed by atoms with Crippen molar-refractivity contribution in [1.29, 1.82) is 0 Å². The topological polar surface area (TPSA) is 29.3 Å². The lowest BCUT2D eigenvalue weighted by Gasteiger charge is -2.20. The summed E-state index contributed by atoms with van der Waals surface area (Å²) in [6.07, 6.45) is -3.46. The van der Waals surface area contributed by atoms with E-state index < -0.39 is 11.7 Å². The Bertz CT molecular complexity index is 415. The molecule has 0 bridgehead atoms. The number of alkyl halides is 3. The first-order valence-corrected chi connectivity index (χ1v) is 5.55. The van der Waals surface area contributed by atoms with Crippen molar-refractivity contribution in [3.63, 3.8) is 0 Å². The maximum absolute atomic E-state index is 12.7. The Morgan fingerprint density at radius 1 is 1.29 bits per heavy atom. The zero-order chi connectivity index (χ0) is 12.6. The van der Waals surface area contributed by atoms with Crippen LogP contribution in [0.4, 0.5) is 18.9 Å². The molecule has 2 nitrogen and oxygen atoms in total. The van der Waals surface area contributed by atoms with Gasteiger partial charge in [0.15, 0.2) is 0 Å². The summed E-state index contributed by atoms with van der Waals surface area (Å²) in [5.74, 6) is 0. The van der Waals surface area contributed by atoms with E-state index in [0.717, 1.165) is 13.0 Å². The van der Waals surface area contributed by atoms with Gasteiger partial charge in [-0.15, -0.1) is 0 Å². The standard InChI is InChI=1S/C12H15F3N2/c1-8-4-9(12(13,14)15)6-11(5-8)17-3-2-10(16)7-17/h4-6,10H,2-3,7,16H2,1H3. The Hall–Kier alpha value is -1.23. The third-order valence-electron chi connectivity index (χ3n) is 2.98. The van der Waals surface area contributed by atoms with Gasteiger partial charge in [0, 0.05) is 24.8 Å². The van der Waals surface area contributed by atoms with Crippen LogP contribution >= 0.6 is 0 Å². The molecule has 1 aliphatic heterocycles. The average molecular weight is 244 g/mol. The monoisotopic (exact) mass is 244 g/mol. The van der Waals surface area contributed by atoms with Gasteiger partial charge in [-0.3, -0.25) is 0 Å². The first-order valence-electron chi connectivity index (χ1n) is 5.55. The number of hydrogen-bond acceptors (Lipinski definition) is 2. The van der Waals surface area contributed by atoms with Crippen LogP contribution < -0.4 is 10.6 Å². The van der Waals surface area contributed by atoms with Crippen molar-refractivity contribution in [2.45, 2.75) is 25.6 Å². The number of aryl methyl sites for hydroxylation is 1. The third-order valence-corrected chi connectivity index (χ3v) is 2.98. The van der Waals surface area contributed by atoms with Gasteiger partial charge in [0.25, 0.3) is 0 Å². The number of nitrogens with two attached hydrogens (primary N) is 1. The number of anilines is 1. The van der Waals surface area contributed by atoms with Crippen molar-refractivity contribution in [1.82, 2.24) is 0 Å². The highest BCUT2D eigenvalue weighted by Gasteiger charge is 2.31. The lowest BCUT2D eigenvalue weighted by atomic mass is 10.1. The van der Waals surface area contributed by atoms with Crippen LogP contribution in [0.2, 0.25) is 0 Å². The van der Waals surface area contributed by atoms with Gasteiger partial charge >= 0.3 is 6.18 Å². The predicted molar refractivity (Wildman–Crippen MR) is 61.0 cm³/mol. The van der Waals surface area contributed by atoms with E-state index in [1.165, 1.54) is 12.1 Å². The molecule has 2 N–H and O–H groups in total. The second-order valence-electron chi connectivity index (χ2n) is 4.55. The summed E-state index contributed by atoms with van der Waals surface area (Å²) in [6, 6.07) is 4.20. The van der Waals surface area contributed by atoms with Gasteiger partial charge in [0.05, 0.1) is 5.56 Å². The first-order chi connectivity index (χ1) is 7.86. The summed E-state index contributed by atoms with van der Waals surface area (Å²) < 4.78 is 38.0. The maximum atomic E-state index is 12.7. The Morgan fingerprint density at radius 3 is 2.53 bits per heavy atom. The Morgan fingerprint density at radius 2 is 2.00 bits per heavy atom. The third kappa shape index (κ3) is 2.72. The zero-order valence-electron chi connectivity index (χ0n) is 9.59. The van der Waals surface area contributed by atoms with Crippen LogP contribution in [0, 0.1) is 6.92 Å². The summed E-state index contributed by atoms with van der Waals surface area (Å²) in [7, 11) is 0. The molecule has 1 heterocycles. The molecule has 0 spiro atoms. The van der Waals surface area contributed by atoms with Crippen molar-refractivity contribution in [2.75, 3.05) is 18.0 Å². The van der Waals surface area contributed by atoms with Crippen LogP contribution in [0.25, 0.3) is 0 Å². The molecule has 1 atom stereocenters. The van der Waals surface area contributed by atoms with Crippen LogP contribution in [0.1, 0.15) is 17.5 Å². The molecule has 1 aromatic rings.